The van der Waals surface area contributed by atoms with Gasteiger partial charge in [-0.3, -0.25) is 0 Å². The maximum atomic E-state index is 12.1. The molecule has 2 rings (SSSR count). The first-order valence-corrected chi connectivity index (χ1v) is 7.33. The molecular weight excluding hydrogens is 278 g/mol. The van der Waals surface area contributed by atoms with E-state index in [0.29, 0.717) is 5.58 Å². The van der Waals surface area contributed by atoms with E-state index in [1.54, 1.807) is 32.9 Å². The molecule has 0 amide bonds. The molecule has 0 bridgehead atoms. The number of hydrogen-bond acceptors (Lipinski definition) is 4. The second kappa shape index (κ2) is 5.47. The van der Waals surface area contributed by atoms with Crippen LogP contribution in [0, 0.1) is 0 Å². The highest BCUT2D eigenvalue weighted by Gasteiger charge is 2.34. The zero-order valence-corrected chi connectivity index (χ0v) is 12.4. The van der Waals surface area contributed by atoms with Gasteiger partial charge in [0.15, 0.2) is 0 Å². The van der Waals surface area contributed by atoms with Crippen LogP contribution >= 0.6 is 0 Å². The molecule has 2 aromatic rings. The van der Waals surface area contributed by atoms with Gasteiger partial charge in [-0.1, -0.05) is 18.2 Å². The van der Waals surface area contributed by atoms with Gasteiger partial charge in [0.2, 0.25) is 6.04 Å². The van der Waals surface area contributed by atoms with Crippen molar-refractivity contribution in [2.75, 3.05) is 0 Å². The van der Waals surface area contributed by atoms with Gasteiger partial charge < -0.3 is 14.1 Å². The Labute approximate surface area is 120 Å². The van der Waals surface area contributed by atoms with Crippen molar-refractivity contribution in [1.82, 2.24) is 4.72 Å². The van der Waals surface area contributed by atoms with E-state index >= 15 is 0 Å². The van der Waals surface area contributed by atoms with E-state index in [-0.39, 0.29) is 5.76 Å². The normalized spacial score (nSPS) is 15.2. The van der Waals surface area contributed by atoms with Gasteiger partial charge in [0.25, 0.3) is 0 Å². The van der Waals surface area contributed by atoms with E-state index in [1.165, 1.54) is 0 Å². The fourth-order valence-electron chi connectivity index (χ4n) is 1.66. The van der Waals surface area contributed by atoms with Gasteiger partial charge >= 0.3 is 5.97 Å². The van der Waals surface area contributed by atoms with Crippen LogP contribution in [0.2, 0.25) is 0 Å². The van der Waals surface area contributed by atoms with Gasteiger partial charge in [0, 0.05) is 16.7 Å². The largest absolute Gasteiger partial charge is 0.598 e. The van der Waals surface area contributed by atoms with Crippen LogP contribution in [0.15, 0.2) is 34.7 Å². The quantitative estimate of drug-likeness (QED) is 0.847. The van der Waals surface area contributed by atoms with Gasteiger partial charge in [-0.25, -0.2) is 4.79 Å². The third-order valence-electron chi connectivity index (χ3n) is 2.76. The van der Waals surface area contributed by atoms with Crippen LogP contribution in [0.1, 0.15) is 32.6 Å². The average Bonchev–Trinajstić information content (AvgIpc) is 2.77. The third-order valence-corrected chi connectivity index (χ3v) is 4.32. The Hall–Kier alpha value is -1.50. The first-order chi connectivity index (χ1) is 9.29. The first kappa shape index (κ1) is 14.9. The van der Waals surface area contributed by atoms with Crippen molar-refractivity contribution in [3.8, 4) is 0 Å². The van der Waals surface area contributed by atoms with E-state index in [2.05, 4.69) is 4.72 Å². The molecule has 0 aliphatic carbocycles. The van der Waals surface area contributed by atoms with Crippen LogP contribution < -0.4 is 4.72 Å². The van der Waals surface area contributed by atoms with Gasteiger partial charge in [0.05, 0.1) is 0 Å². The standard InChI is InChI=1S/C14H17NO4S/c1-14(2,3)20(18)15-12(13(16)17)11-8-9-6-4-5-7-10(9)19-11/h4-8,12,15H,1-3H3,(H,16,17)/t12-,20?/m0/s1. The van der Waals surface area contributed by atoms with Crippen LogP contribution in [-0.4, -0.2) is 20.4 Å². The summed E-state index contributed by atoms with van der Waals surface area (Å²) >= 11 is -1.50. The fraction of sp³-hybridized carbons (Fsp3) is 0.357. The van der Waals surface area contributed by atoms with E-state index in [4.69, 9.17) is 4.42 Å². The smallest absolute Gasteiger partial charge is 0.333 e. The highest BCUT2D eigenvalue weighted by atomic mass is 32.2. The van der Waals surface area contributed by atoms with Crippen molar-refractivity contribution in [3.05, 3.63) is 36.1 Å². The highest BCUT2D eigenvalue weighted by molar-refractivity contribution is 7.90. The van der Waals surface area contributed by atoms with Gasteiger partial charge in [0.1, 0.15) is 16.1 Å². The predicted molar refractivity (Wildman–Crippen MR) is 77.6 cm³/mol. The van der Waals surface area contributed by atoms with Crippen LogP contribution in [-0.2, 0) is 16.2 Å². The number of carbonyl (C=O) groups is 1. The number of aliphatic carboxylic acids is 1. The minimum atomic E-state index is -1.50. The average molecular weight is 295 g/mol. The van der Waals surface area contributed by atoms with Crippen molar-refractivity contribution < 1.29 is 18.9 Å². The number of furan rings is 1. The summed E-state index contributed by atoms with van der Waals surface area (Å²) in [4.78, 5) is 11.4. The summed E-state index contributed by atoms with van der Waals surface area (Å²) in [5, 5.41) is 10.1. The topological polar surface area (TPSA) is 85.5 Å². The molecular formula is C14H17NO4S. The molecule has 1 heterocycles. The molecule has 0 aliphatic heterocycles. The molecule has 0 aliphatic rings. The zero-order valence-electron chi connectivity index (χ0n) is 11.5. The molecule has 0 radical (unpaired) electrons. The second-order valence-electron chi connectivity index (χ2n) is 5.46. The minimum Gasteiger partial charge on any atom is -0.598 e. The third kappa shape index (κ3) is 3.15. The van der Waals surface area contributed by atoms with Crippen LogP contribution in [0.3, 0.4) is 0 Å². The van der Waals surface area contributed by atoms with E-state index in [0.717, 1.165) is 5.39 Å². The van der Waals surface area contributed by atoms with Gasteiger partial charge in [-0.05, 0) is 32.9 Å². The lowest BCUT2D eigenvalue weighted by Crippen LogP contribution is -2.43. The number of hydrogen-bond donors (Lipinski definition) is 2. The summed E-state index contributed by atoms with van der Waals surface area (Å²) < 4.78 is 19.6. The number of para-hydroxylation sites is 1. The Balaban J connectivity index is 2.31. The Morgan fingerprint density at radius 2 is 2.05 bits per heavy atom. The second-order valence-corrected chi connectivity index (χ2v) is 7.45. The minimum absolute atomic E-state index is 0.247. The van der Waals surface area contributed by atoms with Crippen molar-refractivity contribution in [2.24, 2.45) is 0 Å². The van der Waals surface area contributed by atoms with E-state index in [1.807, 2.05) is 18.2 Å². The molecule has 108 valence electrons. The molecule has 0 saturated heterocycles. The lowest BCUT2D eigenvalue weighted by Gasteiger charge is -2.25. The first-order valence-electron chi connectivity index (χ1n) is 6.18. The molecule has 1 unspecified atom stereocenters. The van der Waals surface area contributed by atoms with Crippen molar-refractivity contribution in [1.29, 1.82) is 0 Å². The molecule has 2 atom stereocenters. The van der Waals surface area contributed by atoms with Crippen LogP contribution in [0.4, 0.5) is 0 Å². The molecule has 0 saturated carbocycles. The molecule has 2 N–H and O–H groups in total. The Bertz CT molecular complexity index is 584. The monoisotopic (exact) mass is 295 g/mol. The SMILES string of the molecule is CC(C)(C)[S+]([O-])N[C@H](C(=O)O)c1cc2ccccc2o1. The molecule has 5 nitrogen and oxygen atoms in total. The van der Waals surface area contributed by atoms with Crippen LogP contribution in [0.25, 0.3) is 11.0 Å². The van der Waals surface area contributed by atoms with E-state index in [9.17, 15) is 14.5 Å². The number of rotatable bonds is 4. The number of benzene rings is 1. The van der Waals surface area contributed by atoms with Crippen molar-refractivity contribution >= 4 is 28.3 Å². The van der Waals surface area contributed by atoms with Gasteiger partial charge in [-0.15, -0.1) is 4.72 Å². The summed E-state index contributed by atoms with van der Waals surface area (Å²) in [5.74, 6) is -0.877. The summed E-state index contributed by atoms with van der Waals surface area (Å²) in [6.07, 6.45) is 0. The molecule has 20 heavy (non-hydrogen) atoms. The fourth-order valence-corrected chi connectivity index (χ4v) is 2.44. The Morgan fingerprint density at radius 1 is 1.40 bits per heavy atom. The van der Waals surface area contributed by atoms with Gasteiger partial charge in [-0.2, -0.15) is 0 Å². The lowest BCUT2D eigenvalue weighted by molar-refractivity contribution is -0.139. The molecule has 6 heteroatoms. The Kier molecular flexibility index (Phi) is 4.08. The predicted octanol–water partition coefficient (Wildman–Crippen LogP) is 2.61. The maximum Gasteiger partial charge on any atom is 0.333 e. The molecule has 0 spiro atoms. The maximum absolute atomic E-state index is 12.1. The number of fused-ring (bicyclic) bond motifs is 1. The number of nitrogens with one attached hydrogen (secondary N) is 1. The summed E-state index contributed by atoms with van der Waals surface area (Å²) in [6.45, 7) is 5.31. The van der Waals surface area contributed by atoms with Crippen molar-refractivity contribution in [2.45, 2.75) is 31.6 Å². The Morgan fingerprint density at radius 3 is 2.60 bits per heavy atom. The van der Waals surface area contributed by atoms with Crippen LogP contribution in [0.5, 0.6) is 0 Å². The molecule has 0 fully saturated rings. The lowest BCUT2D eigenvalue weighted by atomic mass is 10.2. The van der Waals surface area contributed by atoms with E-state index < -0.39 is 28.1 Å². The summed E-state index contributed by atoms with van der Waals surface area (Å²) in [6, 6.07) is 7.77. The number of carboxylic acid groups (broad SMARTS) is 1. The highest BCUT2D eigenvalue weighted by Crippen LogP contribution is 2.26. The summed E-state index contributed by atoms with van der Waals surface area (Å²) in [7, 11) is 0. The number of carboxylic acids is 1. The summed E-state index contributed by atoms with van der Waals surface area (Å²) in [5.41, 5.74) is 0.608. The van der Waals surface area contributed by atoms with Crippen molar-refractivity contribution in [3.63, 3.8) is 0 Å². The molecule has 1 aromatic heterocycles. The zero-order chi connectivity index (χ0) is 14.9. The molecule has 1 aromatic carbocycles.